The van der Waals surface area contributed by atoms with Gasteiger partial charge in [-0.25, -0.2) is 0 Å². The zero-order valence-electron chi connectivity index (χ0n) is 10.9. The normalized spacial score (nSPS) is 13.3. The number of halogens is 1. The Kier molecular flexibility index (Phi) is 6.05. The summed E-state index contributed by atoms with van der Waals surface area (Å²) in [5.41, 5.74) is 1.57. The van der Waals surface area contributed by atoms with E-state index in [0.29, 0.717) is 11.5 Å². The summed E-state index contributed by atoms with van der Waals surface area (Å²) in [6.45, 7) is 9.96. The highest BCUT2D eigenvalue weighted by Crippen LogP contribution is 2.21. The van der Waals surface area contributed by atoms with Crippen LogP contribution in [0.5, 0.6) is 0 Å². The standard InChI is InChI=1S/C12H23N3.ClH/c1-6-11(12(2,3)4)13-7-10-8-14-15(5)9-10;/h8-9,11,13H,6-7H2,1-5H3;1H. The highest BCUT2D eigenvalue weighted by atomic mass is 35.5. The van der Waals surface area contributed by atoms with Crippen LogP contribution in [0.15, 0.2) is 12.4 Å². The van der Waals surface area contributed by atoms with Crippen LogP contribution in [0, 0.1) is 5.41 Å². The molecule has 1 N–H and O–H groups in total. The van der Waals surface area contributed by atoms with Crippen LogP contribution >= 0.6 is 12.4 Å². The van der Waals surface area contributed by atoms with Gasteiger partial charge in [-0.05, 0) is 11.8 Å². The second-order valence-corrected chi connectivity index (χ2v) is 5.23. The number of hydrogen-bond acceptors (Lipinski definition) is 2. The van der Waals surface area contributed by atoms with Crippen molar-refractivity contribution in [1.29, 1.82) is 0 Å². The molecular weight excluding hydrogens is 222 g/mol. The largest absolute Gasteiger partial charge is 0.309 e. The van der Waals surface area contributed by atoms with Crippen LogP contribution in [0.1, 0.15) is 39.7 Å². The quantitative estimate of drug-likeness (QED) is 0.884. The lowest BCUT2D eigenvalue weighted by Crippen LogP contribution is -2.39. The first-order valence-electron chi connectivity index (χ1n) is 5.64. The minimum Gasteiger partial charge on any atom is -0.309 e. The van der Waals surface area contributed by atoms with Gasteiger partial charge in [0.25, 0.3) is 0 Å². The van der Waals surface area contributed by atoms with Crippen LogP contribution in [0.25, 0.3) is 0 Å². The molecule has 0 radical (unpaired) electrons. The molecular formula is C12H24ClN3. The Morgan fingerprint density at radius 2 is 2.06 bits per heavy atom. The molecule has 0 spiro atoms. The third kappa shape index (κ3) is 4.54. The molecule has 0 bridgehead atoms. The van der Waals surface area contributed by atoms with Crippen LogP contribution < -0.4 is 5.32 Å². The summed E-state index contributed by atoms with van der Waals surface area (Å²) in [5.74, 6) is 0. The molecule has 1 rings (SSSR count). The van der Waals surface area contributed by atoms with E-state index in [9.17, 15) is 0 Å². The molecule has 0 aliphatic carbocycles. The number of nitrogens with one attached hydrogen (secondary N) is 1. The highest BCUT2D eigenvalue weighted by Gasteiger charge is 2.21. The maximum atomic E-state index is 4.16. The summed E-state index contributed by atoms with van der Waals surface area (Å²) in [6, 6.07) is 0.553. The number of hydrogen-bond donors (Lipinski definition) is 1. The van der Waals surface area contributed by atoms with Crippen molar-refractivity contribution in [3.05, 3.63) is 18.0 Å². The van der Waals surface area contributed by atoms with Crippen molar-refractivity contribution in [3.63, 3.8) is 0 Å². The van der Waals surface area contributed by atoms with Gasteiger partial charge >= 0.3 is 0 Å². The molecule has 1 unspecified atom stereocenters. The van der Waals surface area contributed by atoms with Crippen LogP contribution in [-0.4, -0.2) is 15.8 Å². The molecule has 0 amide bonds. The summed E-state index contributed by atoms with van der Waals surface area (Å²) in [6.07, 6.45) is 5.13. The smallest absolute Gasteiger partial charge is 0.0534 e. The van der Waals surface area contributed by atoms with E-state index < -0.39 is 0 Å². The monoisotopic (exact) mass is 245 g/mol. The average molecular weight is 246 g/mol. The fourth-order valence-corrected chi connectivity index (χ4v) is 1.87. The van der Waals surface area contributed by atoms with E-state index in [1.54, 1.807) is 0 Å². The SMILES string of the molecule is CCC(NCc1cnn(C)c1)C(C)(C)C.Cl. The van der Waals surface area contributed by atoms with E-state index in [0.717, 1.165) is 13.0 Å². The second kappa shape index (κ2) is 6.26. The maximum Gasteiger partial charge on any atom is 0.0534 e. The van der Waals surface area contributed by atoms with Crippen LogP contribution in [-0.2, 0) is 13.6 Å². The van der Waals surface area contributed by atoms with Crippen molar-refractivity contribution in [2.24, 2.45) is 12.5 Å². The zero-order valence-corrected chi connectivity index (χ0v) is 11.8. The molecule has 0 saturated heterocycles. The molecule has 1 atom stereocenters. The summed E-state index contributed by atoms with van der Waals surface area (Å²) in [5, 5.41) is 7.74. The number of nitrogens with zero attached hydrogens (tertiary/aromatic N) is 2. The first kappa shape index (κ1) is 15.5. The minimum absolute atomic E-state index is 0. The Hall–Kier alpha value is -0.540. The Labute approximate surface area is 105 Å². The van der Waals surface area contributed by atoms with Gasteiger partial charge in [0.2, 0.25) is 0 Å². The molecule has 3 nitrogen and oxygen atoms in total. The second-order valence-electron chi connectivity index (χ2n) is 5.23. The van der Waals surface area contributed by atoms with E-state index in [1.807, 2.05) is 17.9 Å². The Morgan fingerprint density at radius 1 is 1.44 bits per heavy atom. The first-order chi connectivity index (χ1) is 6.93. The third-order valence-electron chi connectivity index (χ3n) is 2.76. The van der Waals surface area contributed by atoms with Gasteiger partial charge in [-0.2, -0.15) is 5.10 Å². The fourth-order valence-electron chi connectivity index (χ4n) is 1.87. The topological polar surface area (TPSA) is 29.9 Å². The molecule has 16 heavy (non-hydrogen) atoms. The molecule has 0 aliphatic heterocycles. The van der Waals surface area contributed by atoms with Crippen molar-refractivity contribution in [3.8, 4) is 0 Å². The average Bonchev–Trinajstić information content (AvgIpc) is 2.50. The molecule has 1 heterocycles. The number of rotatable bonds is 4. The van der Waals surface area contributed by atoms with Gasteiger partial charge in [0.05, 0.1) is 6.20 Å². The lowest BCUT2D eigenvalue weighted by Gasteiger charge is -2.30. The van der Waals surface area contributed by atoms with E-state index in [-0.39, 0.29) is 12.4 Å². The summed E-state index contributed by atoms with van der Waals surface area (Å²) >= 11 is 0. The third-order valence-corrected chi connectivity index (χ3v) is 2.76. The van der Waals surface area contributed by atoms with Crippen molar-refractivity contribution < 1.29 is 0 Å². The molecule has 0 saturated carbocycles. The maximum absolute atomic E-state index is 4.16. The van der Waals surface area contributed by atoms with Crippen molar-refractivity contribution in [1.82, 2.24) is 15.1 Å². The summed E-state index contributed by atoms with van der Waals surface area (Å²) in [7, 11) is 1.95. The Balaban J connectivity index is 0.00000225. The van der Waals surface area contributed by atoms with Gasteiger partial charge in [-0.1, -0.05) is 27.7 Å². The molecule has 0 aliphatic rings. The van der Waals surface area contributed by atoms with Crippen LogP contribution in [0.4, 0.5) is 0 Å². The van der Waals surface area contributed by atoms with Crippen LogP contribution in [0.3, 0.4) is 0 Å². The molecule has 0 fully saturated rings. The lowest BCUT2D eigenvalue weighted by atomic mass is 9.85. The number of aromatic nitrogens is 2. The van der Waals surface area contributed by atoms with Gasteiger partial charge < -0.3 is 5.32 Å². The number of aryl methyl sites for hydroxylation is 1. The molecule has 1 aromatic rings. The molecule has 0 aromatic carbocycles. The van der Waals surface area contributed by atoms with Gasteiger partial charge in [-0.15, -0.1) is 12.4 Å². The van der Waals surface area contributed by atoms with E-state index in [1.165, 1.54) is 5.56 Å². The predicted octanol–water partition coefficient (Wildman–Crippen LogP) is 2.76. The van der Waals surface area contributed by atoms with Crippen molar-refractivity contribution >= 4 is 12.4 Å². The van der Waals surface area contributed by atoms with Crippen molar-refractivity contribution in [2.75, 3.05) is 0 Å². The minimum atomic E-state index is 0. The highest BCUT2D eigenvalue weighted by molar-refractivity contribution is 5.85. The van der Waals surface area contributed by atoms with E-state index >= 15 is 0 Å². The van der Waals surface area contributed by atoms with E-state index in [4.69, 9.17) is 0 Å². The van der Waals surface area contributed by atoms with Crippen molar-refractivity contribution in [2.45, 2.75) is 46.7 Å². The van der Waals surface area contributed by atoms with E-state index in [2.05, 4.69) is 44.3 Å². The van der Waals surface area contributed by atoms with Gasteiger partial charge in [-0.3, -0.25) is 4.68 Å². The summed E-state index contributed by atoms with van der Waals surface area (Å²) < 4.78 is 1.84. The fraction of sp³-hybridized carbons (Fsp3) is 0.750. The van der Waals surface area contributed by atoms with Gasteiger partial charge in [0, 0.05) is 31.4 Å². The first-order valence-corrected chi connectivity index (χ1v) is 5.64. The summed E-state index contributed by atoms with van der Waals surface area (Å²) in [4.78, 5) is 0. The Bertz CT molecular complexity index is 301. The predicted molar refractivity (Wildman–Crippen MR) is 70.8 cm³/mol. The Morgan fingerprint density at radius 3 is 2.44 bits per heavy atom. The molecule has 1 aromatic heterocycles. The van der Waals surface area contributed by atoms with Crippen LogP contribution in [0.2, 0.25) is 0 Å². The lowest BCUT2D eigenvalue weighted by molar-refractivity contribution is 0.259. The van der Waals surface area contributed by atoms with Gasteiger partial charge in [0.15, 0.2) is 0 Å². The molecule has 94 valence electrons. The zero-order chi connectivity index (χ0) is 11.5. The molecule has 4 heteroatoms. The van der Waals surface area contributed by atoms with Gasteiger partial charge in [0.1, 0.15) is 0 Å².